The SMILES string of the molecule is CC(NC(=O)NC(CC(N)=O)C(=O)O)c1ccc(Cl)s1. The predicted molar refractivity (Wildman–Crippen MR) is 74.6 cm³/mol. The van der Waals surface area contributed by atoms with Crippen LogP contribution in [0, 0.1) is 0 Å². The van der Waals surface area contributed by atoms with E-state index < -0.39 is 30.4 Å². The zero-order chi connectivity index (χ0) is 15.3. The van der Waals surface area contributed by atoms with Crippen molar-refractivity contribution in [3.63, 3.8) is 0 Å². The van der Waals surface area contributed by atoms with E-state index in [0.29, 0.717) is 4.34 Å². The van der Waals surface area contributed by atoms with Crippen LogP contribution in [0.2, 0.25) is 4.34 Å². The number of carboxylic acids is 1. The Bertz CT molecular complexity index is 520. The Morgan fingerprint density at radius 3 is 2.50 bits per heavy atom. The number of primary amides is 1. The molecule has 1 rings (SSSR count). The summed E-state index contributed by atoms with van der Waals surface area (Å²) in [5.41, 5.74) is 4.91. The van der Waals surface area contributed by atoms with Gasteiger partial charge in [-0.25, -0.2) is 9.59 Å². The Balaban J connectivity index is 2.57. The number of aliphatic carboxylic acids is 1. The molecule has 0 radical (unpaired) electrons. The number of carbonyl (C=O) groups excluding carboxylic acids is 2. The van der Waals surface area contributed by atoms with Crippen LogP contribution < -0.4 is 16.4 Å². The summed E-state index contributed by atoms with van der Waals surface area (Å²) in [4.78, 5) is 34.1. The average molecular weight is 320 g/mol. The molecule has 0 spiro atoms. The maximum atomic E-state index is 11.7. The lowest BCUT2D eigenvalue weighted by atomic mass is 10.2. The van der Waals surface area contributed by atoms with E-state index in [1.54, 1.807) is 19.1 Å². The maximum Gasteiger partial charge on any atom is 0.326 e. The molecule has 0 saturated carbocycles. The van der Waals surface area contributed by atoms with Gasteiger partial charge in [-0.05, 0) is 19.1 Å². The van der Waals surface area contributed by atoms with Crippen LogP contribution in [0.1, 0.15) is 24.3 Å². The van der Waals surface area contributed by atoms with Crippen LogP contribution in [0.25, 0.3) is 0 Å². The van der Waals surface area contributed by atoms with Gasteiger partial charge in [0.1, 0.15) is 6.04 Å². The van der Waals surface area contributed by atoms with Gasteiger partial charge in [0, 0.05) is 4.88 Å². The highest BCUT2D eigenvalue weighted by atomic mass is 35.5. The number of halogens is 1. The van der Waals surface area contributed by atoms with Crippen LogP contribution in [0.3, 0.4) is 0 Å². The van der Waals surface area contributed by atoms with Gasteiger partial charge in [0.2, 0.25) is 5.91 Å². The molecule has 0 aliphatic heterocycles. The zero-order valence-corrected chi connectivity index (χ0v) is 12.1. The van der Waals surface area contributed by atoms with E-state index in [0.717, 1.165) is 4.88 Å². The number of nitrogens with one attached hydrogen (secondary N) is 2. The molecule has 0 aromatic carbocycles. The Labute approximate surface area is 124 Å². The summed E-state index contributed by atoms with van der Waals surface area (Å²) in [7, 11) is 0. The smallest absolute Gasteiger partial charge is 0.326 e. The van der Waals surface area contributed by atoms with Crippen LogP contribution >= 0.6 is 22.9 Å². The van der Waals surface area contributed by atoms with E-state index in [1.807, 2.05) is 0 Å². The summed E-state index contributed by atoms with van der Waals surface area (Å²) in [6.45, 7) is 1.73. The van der Waals surface area contributed by atoms with Crippen molar-refractivity contribution >= 4 is 40.8 Å². The highest BCUT2D eigenvalue weighted by Crippen LogP contribution is 2.26. The number of urea groups is 1. The molecule has 110 valence electrons. The van der Waals surface area contributed by atoms with E-state index in [-0.39, 0.29) is 6.04 Å². The quantitative estimate of drug-likeness (QED) is 0.627. The number of rotatable bonds is 6. The lowest BCUT2D eigenvalue weighted by Gasteiger charge is -2.16. The maximum absolute atomic E-state index is 11.7. The number of thiophene rings is 1. The van der Waals surface area contributed by atoms with Gasteiger partial charge >= 0.3 is 12.0 Å². The van der Waals surface area contributed by atoms with E-state index >= 15 is 0 Å². The van der Waals surface area contributed by atoms with Crippen LogP contribution in [0.15, 0.2) is 12.1 Å². The standard InChI is InChI=1S/C11H14ClN3O4S/c1-5(7-2-3-8(12)20-7)14-11(19)15-6(10(17)18)4-9(13)16/h2-3,5-6H,4H2,1H3,(H2,13,16)(H,17,18)(H2,14,15,19). The molecular weight excluding hydrogens is 306 g/mol. The molecule has 1 aromatic heterocycles. The minimum atomic E-state index is -1.35. The number of carbonyl (C=O) groups is 3. The van der Waals surface area contributed by atoms with Gasteiger partial charge in [0.05, 0.1) is 16.8 Å². The fourth-order valence-corrected chi connectivity index (χ4v) is 2.49. The zero-order valence-electron chi connectivity index (χ0n) is 10.6. The Morgan fingerprint density at radius 1 is 1.40 bits per heavy atom. The second-order valence-electron chi connectivity index (χ2n) is 4.04. The molecule has 0 saturated heterocycles. The van der Waals surface area contributed by atoms with Gasteiger partial charge in [0.15, 0.2) is 0 Å². The van der Waals surface area contributed by atoms with Crippen molar-refractivity contribution in [2.75, 3.05) is 0 Å². The molecule has 0 aliphatic carbocycles. The molecule has 0 fully saturated rings. The highest BCUT2D eigenvalue weighted by Gasteiger charge is 2.23. The molecule has 20 heavy (non-hydrogen) atoms. The first-order chi connectivity index (χ1) is 9.29. The Kier molecular flexibility index (Phi) is 5.78. The number of hydrogen-bond acceptors (Lipinski definition) is 4. The molecule has 5 N–H and O–H groups in total. The number of nitrogens with two attached hydrogens (primary N) is 1. The van der Waals surface area contributed by atoms with Crippen molar-refractivity contribution in [1.82, 2.24) is 10.6 Å². The van der Waals surface area contributed by atoms with Crippen LogP contribution in [-0.4, -0.2) is 29.1 Å². The van der Waals surface area contributed by atoms with E-state index in [1.165, 1.54) is 11.3 Å². The minimum absolute atomic E-state index is 0.337. The van der Waals surface area contributed by atoms with Gasteiger partial charge in [-0.1, -0.05) is 11.6 Å². The first kappa shape index (κ1) is 16.3. The lowest BCUT2D eigenvalue weighted by molar-refractivity contribution is -0.140. The van der Waals surface area contributed by atoms with Crippen molar-refractivity contribution < 1.29 is 19.5 Å². The summed E-state index contributed by atoms with van der Waals surface area (Å²) in [6, 6.07) is 1.07. The third-order valence-corrected chi connectivity index (χ3v) is 3.79. The summed E-state index contributed by atoms with van der Waals surface area (Å²) >= 11 is 7.09. The fourth-order valence-electron chi connectivity index (χ4n) is 1.43. The van der Waals surface area contributed by atoms with Crippen LogP contribution in [0.5, 0.6) is 0 Å². The van der Waals surface area contributed by atoms with Crippen molar-refractivity contribution in [2.45, 2.75) is 25.4 Å². The van der Waals surface area contributed by atoms with Gasteiger partial charge in [-0.3, -0.25) is 4.79 Å². The molecular formula is C11H14ClN3O4S. The summed E-state index contributed by atoms with van der Waals surface area (Å²) < 4.78 is 0.589. The van der Waals surface area contributed by atoms with Crippen LogP contribution in [-0.2, 0) is 9.59 Å². The monoisotopic (exact) mass is 319 g/mol. The largest absolute Gasteiger partial charge is 0.480 e. The van der Waals surface area contributed by atoms with E-state index in [2.05, 4.69) is 10.6 Å². The summed E-state index contributed by atoms with van der Waals surface area (Å²) in [6.07, 6.45) is -0.470. The third-order valence-electron chi connectivity index (χ3n) is 2.38. The predicted octanol–water partition coefficient (Wildman–Crippen LogP) is 1.09. The first-order valence-electron chi connectivity index (χ1n) is 5.63. The van der Waals surface area contributed by atoms with Gasteiger partial charge in [0.25, 0.3) is 0 Å². The van der Waals surface area contributed by atoms with Crippen molar-refractivity contribution in [1.29, 1.82) is 0 Å². The molecule has 2 unspecified atom stereocenters. The molecule has 0 aliphatic rings. The number of carboxylic acid groups (broad SMARTS) is 1. The topological polar surface area (TPSA) is 122 Å². The van der Waals surface area contributed by atoms with E-state index in [4.69, 9.17) is 22.4 Å². The molecule has 9 heteroatoms. The van der Waals surface area contributed by atoms with Crippen molar-refractivity contribution in [3.8, 4) is 0 Å². The summed E-state index contributed by atoms with van der Waals surface area (Å²) in [5.74, 6) is -2.14. The van der Waals surface area contributed by atoms with Crippen molar-refractivity contribution in [2.24, 2.45) is 5.73 Å². The molecule has 1 aromatic rings. The normalized spacial score (nSPS) is 13.3. The molecule has 0 bridgehead atoms. The second-order valence-corrected chi connectivity index (χ2v) is 5.79. The van der Waals surface area contributed by atoms with Gasteiger partial charge < -0.3 is 21.5 Å². The molecule has 2 atom stereocenters. The fraction of sp³-hybridized carbons (Fsp3) is 0.364. The average Bonchev–Trinajstić information content (AvgIpc) is 2.74. The molecule has 3 amide bonds. The lowest BCUT2D eigenvalue weighted by Crippen LogP contribution is -2.48. The summed E-state index contributed by atoms with van der Waals surface area (Å²) in [5, 5.41) is 13.6. The highest BCUT2D eigenvalue weighted by molar-refractivity contribution is 7.16. The van der Waals surface area contributed by atoms with Gasteiger partial charge in [-0.15, -0.1) is 11.3 Å². The molecule has 1 heterocycles. The van der Waals surface area contributed by atoms with Crippen LogP contribution in [0.4, 0.5) is 4.79 Å². The first-order valence-corrected chi connectivity index (χ1v) is 6.82. The number of hydrogen-bond donors (Lipinski definition) is 4. The molecule has 7 nitrogen and oxygen atoms in total. The second kappa shape index (κ2) is 7.11. The van der Waals surface area contributed by atoms with E-state index in [9.17, 15) is 14.4 Å². The third kappa shape index (κ3) is 5.06. The minimum Gasteiger partial charge on any atom is -0.480 e. The number of amides is 3. The Hall–Kier alpha value is -1.80. The van der Waals surface area contributed by atoms with Crippen molar-refractivity contribution in [3.05, 3.63) is 21.3 Å². The Morgan fingerprint density at radius 2 is 2.05 bits per heavy atom. The van der Waals surface area contributed by atoms with Gasteiger partial charge in [-0.2, -0.15) is 0 Å².